The van der Waals surface area contributed by atoms with E-state index in [9.17, 15) is 0 Å². The molecule has 0 saturated heterocycles. The van der Waals surface area contributed by atoms with Gasteiger partial charge in [-0.15, -0.1) is 0 Å². The Kier molecular flexibility index (Phi) is 2.15. The molecular formula is C11H12NO+. The van der Waals surface area contributed by atoms with Crippen LogP contribution in [0.25, 0.3) is 0 Å². The number of ether oxygens (including phenoxy) is 1. The minimum absolute atomic E-state index is 0.883. The average Bonchev–Trinajstić information content (AvgIpc) is 2.53. The van der Waals surface area contributed by atoms with Gasteiger partial charge in [0.25, 0.3) is 5.88 Å². The fourth-order valence-corrected chi connectivity index (χ4v) is 1.22. The van der Waals surface area contributed by atoms with E-state index in [0.29, 0.717) is 0 Å². The molecule has 0 spiro atoms. The molecule has 0 unspecified atom stereocenters. The van der Waals surface area contributed by atoms with Crippen molar-refractivity contribution in [3.05, 3.63) is 54.1 Å². The largest absolute Gasteiger partial charge is 0.413 e. The molecule has 0 aromatic heterocycles. The monoisotopic (exact) mass is 174 g/mol. The molecule has 0 bridgehead atoms. The normalized spacial score (nSPS) is 15.2. The van der Waals surface area contributed by atoms with Gasteiger partial charge in [-0.2, -0.15) is 0 Å². The van der Waals surface area contributed by atoms with Crippen LogP contribution in [-0.2, 0) is 0 Å². The summed E-state index contributed by atoms with van der Waals surface area (Å²) in [5, 5.41) is 2.02. The maximum absolute atomic E-state index is 5.60. The lowest BCUT2D eigenvalue weighted by Gasteiger charge is -2.02. The molecule has 1 aromatic carbocycles. The molecule has 2 nitrogen and oxygen atoms in total. The summed E-state index contributed by atoms with van der Waals surface area (Å²) in [7, 11) is 0. The summed E-state index contributed by atoms with van der Waals surface area (Å²) in [6.45, 7) is 2.05. The summed E-state index contributed by atoms with van der Waals surface area (Å²) in [6, 6.07) is 9.80. The fraction of sp³-hybridized carbons (Fsp3) is 0.0909. The maximum Gasteiger partial charge on any atom is 0.298 e. The number of para-hydroxylation sites is 1. The number of hydrogen-bond acceptors (Lipinski definition) is 1. The van der Waals surface area contributed by atoms with Crippen LogP contribution in [-0.4, -0.2) is 0 Å². The van der Waals surface area contributed by atoms with E-state index >= 15 is 0 Å². The Labute approximate surface area is 77.5 Å². The summed E-state index contributed by atoms with van der Waals surface area (Å²) in [4.78, 5) is 0. The second kappa shape index (κ2) is 3.46. The van der Waals surface area contributed by atoms with Gasteiger partial charge >= 0.3 is 0 Å². The van der Waals surface area contributed by atoms with Crippen LogP contribution in [0.15, 0.2) is 54.1 Å². The summed E-state index contributed by atoms with van der Waals surface area (Å²) in [5.41, 5.74) is 1.23. The first-order chi connectivity index (χ1) is 6.34. The number of allylic oxidation sites excluding steroid dienone is 3. The first kappa shape index (κ1) is 8.08. The molecule has 0 saturated carbocycles. The quantitative estimate of drug-likeness (QED) is 0.720. The van der Waals surface area contributed by atoms with Crippen molar-refractivity contribution in [2.45, 2.75) is 6.92 Å². The van der Waals surface area contributed by atoms with E-state index in [1.54, 1.807) is 0 Å². The second-order valence-electron chi connectivity index (χ2n) is 3.04. The summed E-state index contributed by atoms with van der Waals surface area (Å²) in [5.74, 6) is 1.79. The molecule has 2 heteroatoms. The van der Waals surface area contributed by atoms with E-state index < -0.39 is 0 Å². The summed E-state index contributed by atoms with van der Waals surface area (Å²) >= 11 is 0. The highest BCUT2D eigenvalue weighted by molar-refractivity contribution is 5.24. The van der Waals surface area contributed by atoms with E-state index in [2.05, 4.69) is 6.92 Å². The van der Waals surface area contributed by atoms with Crippen LogP contribution >= 0.6 is 0 Å². The predicted molar refractivity (Wildman–Crippen MR) is 50.8 cm³/mol. The number of quaternary nitrogens is 1. The third kappa shape index (κ3) is 1.98. The Bertz CT molecular complexity index is 352. The van der Waals surface area contributed by atoms with Crippen molar-refractivity contribution in [1.29, 1.82) is 0 Å². The molecule has 66 valence electrons. The third-order valence-corrected chi connectivity index (χ3v) is 1.86. The SMILES string of the molecule is CC1=CC=C(Oc2ccccc2)[NH2+]1. The standard InChI is InChI=1S/C11H11NO/c1-9-7-8-11(12-9)13-10-5-3-2-4-6-10/h2-8,12H,1H3/p+1. The van der Waals surface area contributed by atoms with Gasteiger partial charge in [-0.1, -0.05) is 18.2 Å². The number of benzene rings is 1. The van der Waals surface area contributed by atoms with E-state index in [1.807, 2.05) is 47.8 Å². The molecule has 1 aromatic rings. The van der Waals surface area contributed by atoms with Crippen molar-refractivity contribution in [2.24, 2.45) is 0 Å². The van der Waals surface area contributed by atoms with E-state index in [4.69, 9.17) is 4.74 Å². The summed E-state index contributed by atoms with van der Waals surface area (Å²) < 4.78 is 5.60. The van der Waals surface area contributed by atoms with Crippen LogP contribution in [0, 0.1) is 0 Å². The molecule has 0 fully saturated rings. The fourth-order valence-electron chi connectivity index (χ4n) is 1.22. The Balaban J connectivity index is 2.02. The van der Waals surface area contributed by atoms with Crippen molar-refractivity contribution in [3.8, 4) is 5.75 Å². The van der Waals surface area contributed by atoms with Crippen LogP contribution in [0.5, 0.6) is 5.75 Å². The van der Waals surface area contributed by atoms with Gasteiger partial charge < -0.3 is 4.74 Å². The highest BCUT2D eigenvalue weighted by Gasteiger charge is 2.10. The van der Waals surface area contributed by atoms with Crippen molar-refractivity contribution < 1.29 is 10.1 Å². The van der Waals surface area contributed by atoms with Crippen LogP contribution < -0.4 is 10.1 Å². The molecule has 0 amide bonds. The third-order valence-electron chi connectivity index (χ3n) is 1.86. The number of hydrogen-bond donors (Lipinski definition) is 1. The molecule has 0 radical (unpaired) electrons. The smallest absolute Gasteiger partial charge is 0.298 e. The topological polar surface area (TPSA) is 25.8 Å². The van der Waals surface area contributed by atoms with Gasteiger partial charge in [-0.05, 0) is 12.1 Å². The molecular weight excluding hydrogens is 162 g/mol. The van der Waals surface area contributed by atoms with Crippen LogP contribution in [0.4, 0.5) is 0 Å². The molecule has 1 aliphatic heterocycles. The molecule has 0 atom stereocenters. The average molecular weight is 174 g/mol. The Morgan fingerprint density at radius 2 is 1.85 bits per heavy atom. The van der Waals surface area contributed by atoms with Crippen LogP contribution in [0.2, 0.25) is 0 Å². The molecule has 0 aliphatic carbocycles. The number of nitrogens with two attached hydrogens (primary N) is 1. The van der Waals surface area contributed by atoms with Crippen molar-refractivity contribution >= 4 is 0 Å². The van der Waals surface area contributed by atoms with Gasteiger partial charge in [0.2, 0.25) is 0 Å². The Hall–Kier alpha value is -1.54. The van der Waals surface area contributed by atoms with Gasteiger partial charge in [0.15, 0.2) is 0 Å². The van der Waals surface area contributed by atoms with Gasteiger partial charge in [0.05, 0.1) is 0 Å². The zero-order chi connectivity index (χ0) is 9.10. The molecule has 13 heavy (non-hydrogen) atoms. The van der Waals surface area contributed by atoms with E-state index in [0.717, 1.165) is 11.6 Å². The van der Waals surface area contributed by atoms with Crippen LogP contribution in [0.1, 0.15) is 6.92 Å². The minimum Gasteiger partial charge on any atom is -0.413 e. The van der Waals surface area contributed by atoms with Crippen molar-refractivity contribution in [3.63, 3.8) is 0 Å². The lowest BCUT2D eigenvalue weighted by atomic mass is 10.3. The van der Waals surface area contributed by atoms with Crippen LogP contribution in [0.3, 0.4) is 0 Å². The maximum atomic E-state index is 5.60. The van der Waals surface area contributed by atoms with Crippen molar-refractivity contribution in [2.75, 3.05) is 0 Å². The highest BCUT2D eigenvalue weighted by Crippen LogP contribution is 2.11. The first-order valence-corrected chi connectivity index (χ1v) is 4.31. The van der Waals surface area contributed by atoms with Gasteiger partial charge in [-0.3, -0.25) is 5.32 Å². The molecule has 2 N–H and O–H groups in total. The highest BCUT2D eigenvalue weighted by atomic mass is 16.5. The summed E-state index contributed by atoms with van der Waals surface area (Å²) in [6.07, 6.45) is 4.01. The lowest BCUT2D eigenvalue weighted by molar-refractivity contribution is -0.573. The zero-order valence-electron chi connectivity index (χ0n) is 7.53. The van der Waals surface area contributed by atoms with E-state index in [-0.39, 0.29) is 0 Å². The minimum atomic E-state index is 0.883. The lowest BCUT2D eigenvalue weighted by Crippen LogP contribution is -2.79. The second-order valence-corrected chi connectivity index (χ2v) is 3.04. The first-order valence-electron chi connectivity index (χ1n) is 4.31. The van der Waals surface area contributed by atoms with Gasteiger partial charge in [0, 0.05) is 19.1 Å². The molecule has 2 rings (SSSR count). The zero-order valence-corrected chi connectivity index (χ0v) is 7.53. The molecule has 1 heterocycles. The van der Waals surface area contributed by atoms with E-state index in [1.165, 1.54) is 5.70 Å². The Morgan fingerprint density at radius 1 is 1.08 bits per heavy atom. The number of rotatable bonds is 2. The Morgan fingerprint density at radius 3 is 2.46 bits per heavy atom. The van der Waals surface area contributed by atoms with Gasteiger partial charge in [-0.25, -0.2) is 0 Å². The predicted octanol–water partition coefficient (Wildman–Crippen LogP) is 1.39. The van der Waals surface area contributed by atoms with Crippen molar-refractivity contribution in [1.82, 2.24) is 0 Å². The van der Waals surface area contributed by atoms with Gasteiger partial charge in [0.1, 0.15) is 11.4 Å². The molecule has 1 aliphatic rings.